The number of ether oxygens (including phenoxy) is 2. The van der Waals surface area contributed by atoms with Crippen LogP contribution in [0.25, 0.3) is 28.0 Å². The van der Waals surface area contributed by atoms with Crippen LogP contribution in [0.15, 0.2) is 35.3 Å². The highest BCUT2D eigenvalue weighted by Crippen LogP contribution is 2.44. The minimum absolute atomic E-state index is 0.0182. The lowest BCUT2D eigenvalue weighted by Crippen LogP contribution is -2.30. The first kappa shape index (κ1) is 36.4. The number of rotatable bonds is 13. The van der Waals surface area contributed by atoms with Gasteiger partial charge in [0.25, 0.3) is 0 Å². The number of nitrogens with zero attached hydrogens (tertiary/aromatic N) is 4. The molecule has 1 saturated heterocycles. The van der Waals surface area contributed by atoms with Crippen molar-refractivity contribution in [3.05, 3.63) is 58.8 Å². The second kappa shape index (κ2) is 16.2. The Morgan fingerprint density at radius 2 is 1.84 bits per heavy atom. The summed E-state index contributed by atoms with van der Waals surface area (Å²) in [6.07, 6.45) is 12.6. The van der Waals surface area contributed by atoms with Crippen LogP contribution >= 0.6 is 0 Å². The van der Waals surface area contributed by atoms with Crippen molar-refractivity contribution in [2.75, 3.05) is 37.8 Å². The zero-order valence-corrected chi connectivity index (χ0v) is 30.0. The third-order valence-electron chi connectivity index (χ3n) is 9.51. The summed E-state index contributed by atoms with van der Waals surface area (Å²) in [6.45, 7) is 15.8. The van der Waals surface area contributed by atoms with E-state index in [0.717, 1.165) is 74.5 Å². The third-order valence-corrected chi connectivity index (χ3v) is 9.51. The van der Waals surface area contributed by atoms with Crippen molar-refractivity contribution >= 4 is 39.5 Å². The Bertz CT molecular complexity index is 1730. The largest absolute Gasteiger partial charge is 0.508 e. The van der Waals surface area contributed by atoms with Gasteiger partial charge in [-0.1, -0.05) is 65.0 Å². The Balaban J connectivity index is 1.72. The number of benzene rings is 2. The quantitative estimate of drug-likeness (QED) is 0.182. The van der Waals surface area contributed by atoms with Crippen molar-refractivity contribution in [1.82, 2.24) is 9.97 Å². The van der Waals surface area contributed by atoms with E-state index in [2.05, 4.69) is 25.7 Å². The first-order chi connectivity index (χ1) is 23.6. The summed E-state index contributed by atoms with van der Waals surface area (Å²) in [7, 11) is 0. The molecule has 1 aliphatic heterocycles. The van der Waals surface area contributed by atoms with Crippen molar-refractivity contribution in [1.29, 1.82) is 0 Å². The summed E-state index contributed by atoms with van der Waals surface area (Å²) < 4.78 is 42.7. The van der Waals surface area contributed by atoms with Gasteiger partial charge in [-0.05, 0) is 75.3 Å². The molecule has 2 aliphatic rings. The fourth-order valence-corrected chi connectivity index (χ4v) is 6.92. The number of unbranched alkanes of at least 4 members (excludes halogenated alkanes) is 3. The molecule has 1 unspecified atom stereocenters. The van der Waals surface area contributed by atoms with Crippen LogP contribution in [0, 0.1) is 17.0 Å². The second-order valence-corrected chi connectivity index (χ2v) is 14.0. The van der Waals surface area contributed by atoms with Gasteiger partial charge in [-0.2, -0.15) is 9.97 Å². The zero-order valence-electron chi connectivity index (χ0n) is 30.0. The number of hydrogen-bond acceptors (Lipinski definition) is 7. The first-order valence-corrected chi connectivity index (χ1v) is 18.0. The molecule has 7 nitrogen and oxygen atoms in total. The summed E-state index contributed by atoms with van der Waals surface area (Å²) in [5, 5.41) is 11.3. The van der Waals surface area contributed by atoms with Crippen LogP contribution in [0.5, 0.6) is 11.8 Å². The highest BCUT2D eigenvalue weighted by atomic mass is 19.2. The van der Waals surface area contributed by atoms with Crippen molar-refractivity contribution in [2.24, 2.45) is 10.4 Å². The van der Waals surface area contributed by atoms with Gasteiger partial charge in [-0.15, -0.1) is 0 Å². The van der Waals surface area contributed by atoms with Gasteiger partial charge >= 0.3 is 6.01 Å². The normalized spacial score (nSPS) is 18.1. The van der Waals surface area contributed by atoms with Gasteiger partial charge < -0.3 is 19.5 Å². The van der Waals surface area contributed by atoms with E-state index in [-0.39, 0.29) is 28.6 Å². The van der Waals surface area contributed by atoms with E-state index >= 15 is 4.39 Å². The van der Waals surface area contributed by atoms with Crippen molar-refractivity contribution < 1.29 is 23.4 Å². The zero-order chi connectivity index (χ0) is 35.1. The summed E-state index contributed by atoms with van der Waals surface area (Å²) in [5.41, 5.74) is 3.67. The maximum atomic E-state index is 15.6. The fourth-order valence-electron chi connectivity index (χ4n) is 6.92. The monoisotopic (exact) mass is 674 g/mol. The first-order valence-electron chi connectivity index (χ1n) is 18.0. The molecule has 5 rings (SSSR count). The minimum Gasteiger partial charge on any atom is -0.508 e. The molecule has 49 heavy (non-hydrogen) atoms. The Kier molecular flexibility index (Phi) is 12.1. The summed E-state index contributed by atoms with van der Waals surface area (Å²) in [4.78, 5) is 17.4. The number of phenolic OH excluding ortho intramolecular Hbond substituents is 1. The van der Waals surface area contributed by atoms with Crippen LogP contribution in [0.2, 0.25) is 0 Å². The Labute approximate surface area is 290 Å². The van der Waals surface area contributed by atoms with Crippen LogP contribution in [0.1, 0.15) is 110 Å². The van der Waals surface area contributed by atoms with E-state index in [1.807, 2.05) is 32.9 Å². The summed E-state index contributed by atoms with van der Waals surface area (Å²) >= 11 is 0. The SMILES string of the molecule is C/C=C1\C(=NC(C)C)C(c2cc(O)cc3ccc(F)c(F)c23)=Cc2nc(OCC(C)(CCCC)CCCCC)nc(N3CCCOCC3)c21. The van der Waals surface area contributed by atoms with Gasteiger partial charge in [0.2, 0.25) is 0 Å². The van der Waals surface area contributed by atoms with Gasteiger partial charge in [0.05, 0.1) is 30.2 Å². The summed E-state index contributed by atoms with van der Waals surface area (Å²) in [5.74, 6) is -1.25. The molecule has 1 fully saturated rings. The highest BCUT2D eigenvalue weighted by molar-refractivity contribution is 6.50. The van der Waals surface area contributed by atoms with Gasteiger partial charge in [0, 0.05) is 47.7 Å². The molecule has 3 aromatic rings. The maximum absolute atomic E-state index is 15.6. The molecule has 0 amide bonds. The molecular formula is C40H52F2N4O3. The number of aromatic nitrogens is 2. The Hall–Kier alpha value is -3.85. The van der Waals surface area contributed by atoms with E-state index in [9.17, 15) is 9.50 Å². The van der Waals surface area contributed by atoms with Crippen LogP contribution in [0.3, 0.4) is 0 Å². The molecule has 0 bridgehead atoms. The predicted molar refractivity (Wildman–Crippen MR) is 197 cm³/mol. The maximum Gasteiger partial charge on any atom is 0.318 e. The molecule has 2 aromatic carbocycles. The molecule has 0 radical (unpaired) electrons. The average Bonchev–Trinajstić information content (AvgIpc) is 3.37. The molecule has 0 spiro atoms. The number of aliphatic imine (C=N–C) groups is 1. The Morgan fingerprint density at radius 3 is 2.57 bits per heavy atom. The molecule has 1 atom stereocenters. The lowest BCUT2D eigenvalue weighted by molar-refractivity contribution is 0.126. The van der Waals surface area contributed by atoms with Gasteiger partial charge in [-0.3, -0.25) is 4.99 Å². The fraction of sp³-hybridized carbons (Fsp3) is 0.525. The number of phenols is 1. The van der Waals surface area contributed by atoms with Crippen LogP contribution in [0.4, 0.5) is 14.6 Å². The van der Waals surface area contributed by atoms with E-state index < -0.39 is 11.6 Å². The third kappa shape index (κ3) is 8.31. The number of hydrogen-bond donors (Lipinski definition) is 1. The highest BCUT2D eigenvalue weighted by Gasteiger charge is 2.33. The van der Waals surface area contributed by atoms with Crippen molar-refractivity contribution in [3.8, 4) is 11.8 Å². The molecule has 1 aliphatic carbocycles. The van der Waals surface area contributed by atoms with Crippen LogP contribution < -0.4 is 9.64 Å². The van der Waals surface area contributed by atoms with Crippen molar-refractivity contribution in [3.63, 3.8) is 0 Å². The topological polar surface area (TPSA) is 80.1 Å². The standard InChI is InChI=1S/C40H52F2N4O3/c1-7-10-12-17-40(6,16-11-8-2)25-49-39-44-33-24-31(30-23-28(47)22-27-14-15-32(41)36(42)34(27)30)37(43-26(4)5)29(9-3)35(33)38(45-39)46-18-13-20-48-21-19-46/h9,14-15,22-24,26,47H,7-8,10-13,16-21,25H2,1-6H3/b29-9-,43-37?. The van der Waals surface area contributed by atoms with Crippen LogP contribution in [-0.2, 0) is 4.74 Å². The molecule has 2 heterocycles. The number of anilines is 1. The number of aromatic hydroxyl groups is 1. The van der Waals surface area contributed by atoms with Gasteiger partial charge in [0.1, 0.15) is 11.6 Å². The smallest absolute Gasteiger partial charge is 0.318 e. The molecule has 1 aromatic heterocycles. The molecule has 1 N–H and O–H groups in total. The van der Waals surface area contributed by atoms with E-state index in [4.69, 9.17) is 24.4 Å². The number of allylic oxidation sites excluding steroid dienone is 3. The van der Waals surface area contributed by atoms with E-state index in [0.29, 0.717) is 54.3 Å². The van der Waals surface area contributed by atoms with Gasteiger partial charge in [0.15, 0.2) is 11.6 Å². The average molecular weight is 675 g/mol. The van der Waals surface area contributed by atoms with Gasteiger partial charge in [-0.25, -0.2) is 8.78 Å². The lowest BCUT2D eigenvalue weighted by Gasteiger charge is -2.31. The van der Waals surface area contributed by atoms with E-state index in [1.165, 1.54) is 24.6 Å². The molecule has 264 valence electrons. The Morgan fingerprint density at radius 1 is 1.06 bits per heavy atom. The minimum atomic E-state index is -0.975. The summed E-state index contributed by atoms with van der Waals surface area (Å²) in [6, 6.07) is 5.64. The van der Waals surface area contributed by atoms with Crippen molar-refractivity contribution in [2.45, 2.75) is 99.0 Å². The van der Waals surface area contributed by atoms with Crippen LogP contribution in [-0.4, -0.2) is 59.7 Å². The molecule has 0 saturated carbocycles. The lowest BCUT2D eigenvalue weighted by atomic mass is 9.81. The molecular weight excluding hydrogens is 622 g/mol. The van der Waals surface area contributed by atoms with E-state index in [1.54, 1.807) is 0 Å². The predicted octanol–water partition coefficient (Wildman–Crippen LogP) is 9.80. The number of halogens is 2. The number of fused-ring (bicyclic) bond motifs is 2. The second-order valence-electron chi connectivity index (χ2n) is 14.0. The molecule has 9 heteroatoms.